The van der Waals surface area contributed by atoms with E-state index in [0.717, 1.165) is 55.1 Å². The van der Waals surface area contributed by atoms with Gasteiger partial charge < -0.3 is 20.7 Å². The van der Waals surface area contributed by atoms with Crippen molar-refractivity contribution in [1.29, 1.82) is 0 Å². The van der Waals surface area contributed by atoms with Crippen molar-refractivity contribution in [3.05, 3.63) is 58.9 Å². The van der Waals surface area contributed by atoms with E-state index in [-0.39, 0.29) is 12.0 Å². The third kappa shape index (κ3) is 7.00. The largest absolute Gasteiger partial charge is 0.368 e. The van der Waals surface area contributed by atoms with Crippen molar-refractivity contribution in [2.24, 2.45) is 4.99 Å². The van der Waals surface area contributed by atoms with Gasteiger partial charge in [-0.05, 0) is 55.5 Å². The molecule has 3 N–H and O–H groups in total. The Labute approximate surface area is 182 Å². The first-order valence-electron chi connectivity index (χ1n) is 10.3. The van der Waals surface area contributed by atoms with Gasteiger partial charge in [0.1, 0.15) is 11.3 Å². The number of nitrogens with zero attached hydrogens (tertiary/aromatic N) is 2. The van der Waals surface area contributed by atoms with Crippen molar-refractivity contribution in [3.8, 4) is 0 Å². The lowest BCUT2D eigenvalue weighted by Crippen LogP contribution is -2.38. The highest BCUT2D eigenvalue weighted by Crippen LogP contribution is 2.16. The Morgan fingerprint density at radius 2 is 2.17 bits per heavy atom. The molecule has 8 heteroatoms. The summed E-state index contributed by atoms with van der Waals surface area (Å²) in [5.74, 6) is 0.660. The molecule has 1 fully saturated rings. The van der Waals surface area contributed by atoms with Crippen LogP contribution in [0.4, 0.5) is 5.69 Å². The SMILES string of the molecule is CCNC(=NCc1cccc(NC(=O)C2CCCO2)c1)NCCc1ccc(Cl)nc1. The fourth-order valence-corrected chi connectivity index (χ4v) is 3.26. The highest BCUT2D eigenvalue weighted by atomic mass is 35.5. The quantitative estimate of drug-likeness (QED) is 0.341. The molecule has 1 aromatic heterocycles. The molecule has 1 atom stereocenters. The molecule has 160 valence electrons. The van der Waals surface area contributed by atoms with Gasteiger partial charge in [0.25, 0.3) is 5.91 Å². The highest BCUT2D eigenvalue weighted by Gasteiger charge is 2.23. The number of aromatic nitrogens is 1. The smallest absolute Gasteiger partial charge is 0.253 e. The second kappa shape index (κ2) is 11.5. The van der Waals surface area contributed by atoms with Crippen molar-refractivity contribution < 1.29 is 9.53 Å². The Bertz CT molecular complexity index is 851. The predicted molar refractivity (Wildman–Crippen MR) is 120 cm³/mol. The van der Waals surface area contributed by atoms with Crippen LogP contribution in [0.1, 0.15) is 30.9 Å². The Hall–Kier alpha value is -2.64. The Morgan fingerprint density at radius 3 is 2.90 bits per heavy atom. The second-order valence-corrected chi connectivity index (χ2v) is 7.44. The summed E-state index contributed by atoms with van der Waals surface area (Å²) < 4.78 is 5.44. The third-order valence-electron chi connectivity index (χ3n) is 4.68. The van der Waals surface area contributed by atoms with Gasteiger partial charge in [-0.25, -0.2) is 9.98 Å². The summed E-state index contributed by atoms with van der Waals surface area (Å²) >= 11 is 5.82. The molecule has 2 aromatic rings. The Kier molecular flexibility index (Phi) is 8.47. The van der Waals surface area contributed by atoms with Gasteiger partial charge in [0.15, 0.2) is 5.96 Å². The zero-order chi connectivity index (χ0) is 21.2. The first-order chi connectivity index (χ1) is 14.6. The van der Waals surface area contributed by atoms with Crippen LogP contribution < -0.4 is 16.0 Å². The lowest BCUT2D eigenvalue weighted by molar-refractivity contribution is -0.124. The van der Waals surface area contributed by atoms with Gasteiger partial charge in [0.2, 0.25) is 0 Å². The van der Waals surface area contributed by atoms with Gasteiger partial charge in [-0.3, -0.25) is 4.79 Å². The summed E-state index contributed by atoms with van der Waals surface area (Å²) in [5.41, 5.74) is 2.88. The molecule has 1 amide bonds. The zero-order valence-corrected chi connectivity index (χ0v) is 17.9. The monoisotopic (exact) mass is 429 g/mol. The molecule has 7 nitrogen and oxygen atoms in total. The number of amides is 1. The third-order valence-corrected chi connectivity index (χ3v) is 4.90. The number of anilines is 1. The molecule has 1 saturated heterocycles. The van der Waals surface area contributed by atoms with E-state index >= 15 is 0 Å². The maximum absolute atomic E-state index is 12.2. The lowest BCUT2D eigenvalue weighted by Gasteiger charge is -2.12. The van der Waals surface area contributed by atoms with Crippen LogP contribution in [-0.2, 0) is 22.5 Å². The number of ether oxygens (including phenoxy) is 1. The summed E-state index contributed by atoms with van der Waals surface area (Å²) in [5, 5.41) is 10.0. The summed E-state index contributed by atoms with van der Waals surface area (Å²) in [6.07, 6.45) is 3.97. The summed E-state index contributed by atoms with van der Waals surface area (Å²) in [6.45, 7) is 4.68. The number of halogens is 1. The average molecular weight is 430 g/mol. The minimum absolute atomic E-state index is 0.0835. The van der Waals surface area contributed by atoms with E-state index in [2.05, 4.69) is 25.9 Å². The number of rotatable bonds is 8. The number of pyridine rings is 1. The first-order valence-corrected chi connectivity index (χ1v) is 10.7. The number of carbonyl (C=O) groups excluding carboxylic acids is 1. The van der Waals surface area contributed by atoms with Crippen LogP contribution in [0.2, 0.25) is 5.15 Å². The number of aliphatic imine (C=N–C) groups is 1. The summed E-state index contributed by atoms with van der Waals surface area (Å²) in [4.78, 5) is 21.0. The topological polar surface area (TPSA) is 87.6 Å². The Morgan fingerprint density at radius 1 is 1.27 bits per heavy atom. The molecule has 0 bridgehead atoms. The Balaban J connectivity index is 1.53. The van der Waals surface area contributed by atoms with Gasteiger partial charge in [-0.2, -0.15) is 0 Å². The van der Waals surface area contributed by atoms with Gasteiger partial charge in [0.05, 0.1) is 6.54 Å². The molecule has 0 saturated carbocycles. The van der Waals surface area contributed by atoms with Crippen LogP contribution in [0, 0.1) is 0 Å². The van der Waals surface area contributed by atoms with Crippen molar-refractivity contribution in [3.63, 3.8) is 0 Å². The molecule has 2 heterocycles. The van der Waals surface area contributed by atoms with Crippen LogP contribution in [-0.4, -0.2) is 42.7 Å². The second-order valence-electron chi connectivity index (χ2n) is 7.05. The van der Waals surface area contributed by atoms with E-state index in [1.807, 2.05) is 37.3 Å². The number of hydrogen-bond donors (Lipinski definition) is 3. The molecule has 1 unspecified atom stereocenters. The van der Waals surface area contributed by atoms with E-state index in [1.54, 1.807) is 12.3 Å². The molecule has 1 aromatic carbocycles. The number of nitrogens with one attached hydrogen (secondary N) is 3. The van der Waals surface area contributed by atoms with E-state index < -0.39 is 0 Å². The molecule has 3 rings (SSSR count). The number of benzene rings is 1. The van der Waals surface area contributed by atoms with E-state index in [9.17, 15) is 4.79 Å². The molecule has 1 aliphatic rings. The molecule has 1 aliphatic heterocycles. The number of hydrogen-bond acceptors (Lipinski definition) is 4. The van der Waals surface area contributed by atoms with Gasteiger partial charge >= 0.3 is 0 Å². The van der Waals surface area contributed by atoms with Gasteiger partial charge in [0, 0.05) is 31.6 Å². The standard InChI is InChI=1S/C22H28ClN5O2/c1-2-24-22(25-11-10-16-8-9-20(23)26-14-16)27-15-17-5-3-6-18(13-17)28-21(29)19-7-4-12-30-19/h3,5-6,8-9,13-14,19H,2,4,7,10-12,15H2,1H3,(H,28,29)(H2,24,25,27). The number of guanidine groups is 1. The van der Waals surface area contributed by atoms with Crippen molar-refractivity contribution in [1.82, 2.24) is 15.6 Å². The minimum atomic E-state index is -0.341. The van der Waals surface area contributed by atoms with Gasteiger partial charge in [-0.1, -0.05) is 29.8 Å². The molecule has 0 spiro atoms. The molecular weight excluding hydrogens is 402 g/mol. The van der Waals surface area contributed by atoms with E-state index in [1.165, 1.54) is 0 Å². The fourth-order valence-electron chi connectivity index (χ4n) is 3.15. The maximum Gasteiger partial charge on any atom is 0.253 e. The summed E-state index contributed by atoms with van der Waals surface area (Å²) in [6, 6.07) is 11.5. The van der Waals surface area contributed by atoms with Crippen LogP contribution >= 0.6 is 11.6 Å². The van der Waals surface area contributed by atoms with Crippen LogP contribution in [0.15, 0.2) is 47.6 Å². The average Bonchev–Trinajstić information content (AvgIpc) is 3.29. The van der Waals surface area contributed by atoms with Crippen molar-refractivity contribution >= 4 is 29.2 Å². The van der Waals surface area contributed by atoms with E-state index in [4.69, 9.17) is 16.3 Å². The van der Waals surface area contributed by atoms with E-state index in [0.29, 0.717) is 18.3 Å². The van der Waals surface area contributed by atoms with Gasteiger partial charge in [-0.15, -0.1) is 0 Å². The zero-order valence-electron chi connectivity index (χ0n) is 17.2. The summed E-state index contributed by atoms with van der Waals surface area (Å²) in [7, 11) is 0. The minimum Gasteiger partial charge on any atom is -0.368 e. The number of carbonyl (C=O) groups is 1. The lowest BCUT2D eigenvalue weighted by atomic mass is 10.2. The highest BCUT2D eigenvalue weighted by molar-refractivity contribution is 6.29. The van der Waals surface area contributed by atoms with Crippen LogP contribution in [0.5, 0.6) is 0 Å². The first kappa shape index (κ1) is 22.1. The maximum atomic E-state index is 12.2. The molecular formula is C22H28ClN5O2. The van der Waals surface area contributed by atoms with Crippen LogP contribution in [0.3, 0.4) is 0 Å². The normalized spacial score (nSPS) is 16.3. The molecule has 0 aliphatic carbocycles. The molecule has 0 radical (unpaired) electrons. The van der Waals surface area contributed by atoms with Crippen molar-refractivity contribution in [2.45, 2.75) is 38.8 Å². The molecule has 30 heavy (non-hydrogen) atoms. The van der Waals surface area contributed by atoms with Crippen molar-refractivity contribution in [2.75, 3.05) is 25.0 Å². The fraction of sp³-hybridized carbons (Fsp3) is 0.409. The van der Waals surface area contributed by atoms with Crippen LogP contribution in [0.25, 0.3) is 0 Å². The predicted octanol–water partition coefficient (Wildman–Crippen LogP) is 3.15.